The Morgan fingerprint density at radius 2 is 2.21 bits per heavy atom. The summed E-state index contributed by atoms with van der Waals surface area (Å²) in [6, 6.07) is 6.79. The molecule has 0 aromatic heterocycles. The van der Waals surface area contributed by atoms with Crippen LogP contribution >= 0.6 is 0 Å². The van der Waals surface area contributed by atoms with Crippen LogP contribution in [0.4, 0.5) is 10.1 Å². The Hall–Kier alpha value is -1.58. The number of piperidine rings is 1. The number of likely N-dealkylation sites (tertiary alicyclic amines) is 1. The van der Waals surface area contributed by atoms with Gasteiger partial charge in [0.1, 0.15) is 5.82 Å². The van der Waals surface area contributed by atoms with E-state index in [4.69, 9.17) is 0 Å². The maximum absolute atomic E-state index is 13.4. The predicted molar refractivity (Wildman–Crippen MR) is 74.5 cm³/mol. The van der Waals surface area contributed by atoms with Crippen LogP contribution < -0.4 is 5.32 Å². The smallest absolute Gasteiger partial charge is 0.242 e. The van der Waals surface area contributed by atoms with Gasteiger partial charge in [-0.25, -0.2) is 4.39 Å². The molecule has 1 N–H and O–H groups in total. The van der Waals surface area contributed by atoms with Crippen LogP contribution in [0.1, 0.15) is 32.6 Å². The summed E-state index contributed by atoms with van der Waals surface area (Å²) >= 11 is 0. The lowest BCUT2D eigenvalue weighted by Crippen LogP contribution is -2.45. The van der Waals surface area contributed by atoms with Gasteiger partial charge in [0.15, 0.2) is 0 Å². The van der Waals surface area contributed by atoms with Crippen molar-refractivity contribution < 1.29 is 9.18 Å². The number of amides is 1. The first-order valence-corrected chi connectivity index (χ1v) is 7.00. The molecule has 19 heavy (non-hydrogen) atoms. The second-order valence-corrected chi connectivity index (χ2v) is 4.98. The predicted octanol–water partition coefficient (Wildman–Crippen LogP) is 3.03. The standard InChI is InChI=1S/C15H21FN2O/c1-2-12-7-5-6-10-18(12)15(19)11-17-14-9-4-3-8-13(14)16/h3-4,8-9,12,17H,2,5-7,10-11H2,1H3. The lowest BCUT2D eigenvalue weighted by atomic mass is 10.00. The molecule has 1 aliphatic heterocycles. The fourth-order valence-electron chi connectivity index (χ4n) is 2.63. The molecule has 3 nitrogen and oxygen atoms in total. The Kier molecular flexibility index (Phi) is 4.77. The second kappa shape index (κ2) is 6.55. The highest BCUT2D eigenvalue weighted by Crippen LogP contribution is 2.20. The van der Waals surface area contributed by atoms with Crippen LogP contribution in [0.15, 0.2) is 24.3 Å². The minimum atomic E-state index is -0.319. The Labute approximate surface area is 113 Å². The summed E-state index contributed by atoms with van der Waals surface area (Å²) in [7, 11) is 0. The van der Waals surface area contributed by atoms with E-state index in [-0.39, 0.29) is 18.3 Å². The fourth-order valence-corrected chi connectivity index (χ4v) is 2.63. The van der Waals surface area contributed by atoms with Crippen molar-refractivity contribution in [3.8, 4) is 0 Å². The number of nitrogens with one attached hydrogen (secondary N) is 1. The third kappa shape index (κ3) is 3.46. The summed E-state index contributed by atoms with van der Waals surface area (Å²) in [5.74, 6) is -0.254. The van der Waals surface area contributed by atoms with Crippen molar-refractivity contribution in [2.75, 3.05) is 18.4 Å². The van der Waals surface area contributed by atoms with Crippen LogP contribution in [0.5, 0.6) is 0 Å². The van der Waals surface area contributed by atoms with E-state index in [1.165, 1.54) is 12.5 Å². The molecule has 1 aliphatic rings. The van der Waals surface area contributed by atoms with E-state index in [1.807, 2.05) is 4.90 Å². The maximum atomic E-state index is 13.4. The molecule has 1 amide bonds. The van der Waals surface area contributed by atoms with E-state index in [0.717, 1.165) is 25.8 Å². The SMILES string of the molecule is CCC1CCCCN1C(=O)CNc1ccccc1F. The van der Waals surface area contributed by atoms with Gasteiger partial charge in [0.05, 0.1) is 12.2 Å². The summed E-state index contributed by atoms with van der Waals surface area (Å²) in [6.45, 7) is 3.11. The molecule has 1 fully saturated rings. The summed E-state index contributed by atoms with van der Waals surface area (Å²) in [5.41, 5.74) is 0.390. The second-order valence-electron chi connectivity index (χ2n) is 4.98. The van der Waals surface area contributed by atoms with Gasteiger partial charge in [-0.1, -0.05) is 19.1 Å². The number of hydrogen-bond acceptors (Lipinski definition) is 2. The van der Waals surface area contributed by atoms with Gasteiger partial charge in [-0.2, -0.15) is 0 Å². The lowest BCUT2D eigenvalue weighted by molar-refractivity contribution is -0.133. The molecular formula is C15H21FN2O. The van der Waals surface area contributed by atoms with Crippen molar-refractivity contribution in [2.24, 2.45) is 0 Å². The number of carbonyl (C=O) groups is 1. The molecule has 1 saturated heterocycles. The lowest BCUT2D eigenvalue weighted by Gasteiger charge is -2.35. The highest BCUT2D eigenvalue weighted by molar-refractivity contribution is 5.81. The highest BCUT2D eigenvalue weighted by Gasteiger charge is 2.24. The van der Waals surface area contributed by atoms with Crippen LogP contribution in [-0.4, -0.2) is 29.9 Å². The first-order chi connectivity index (χ1) is 9.22. The third-order valence-corrected chi connectivity index (χ3v) is 3.72. The van der Waals surface area contributed by atoms with Gasteiger partial charge in [-0.3, -0.25) is 4.79 Å². The van der Waals surface area contributed by atoms with Crippen molar-refractivity contribution in [2.45, 2.75) is 38.6 Å². The number of benzene rings is 1. The summed E-state index contributed by atoms with van der Waals surface area (Å²) in [5, 5.41) is 2.89. The van der Waals surface area contributed by atoms with Crippen LogP contribution in [0.25, 0.3) is 0 Å². The number of rotatable bonds is 4. The normalized spacial score (nSPS) is 19.3. The Bertz CT molecular complexity index is 436. The molecule has 0 radical (unpaired) electrons. The first kappa shape index (κ1) is 13.8. The Morgan fingerprint density at radius 3 is 2.95 bits per heavy atom. The number of carbonyl (C=O) groups excluding carboxylic acids is 1. The molecule has 4 heteroatoms. The molecule has 0 bridgehead atoms. The molecule has 2 rings (SSSR count). The molecule has 1 aromatic rings. The molecular weight excluding hydrogens is 243 g/mol. The van der Waals surface area contributed by atoms with E-state index in [1.54, 1.807) is 18.2 Å². The number of halogens is 1. The van der Waals surface area contributed by atoms with Crippen molar-refractivity contribution >= 4 is 11.6 Å². The first-order valence-electron chi connectivity index (χ1n) is 7.00. The Balaban J connectivity index is 1.92. The number of nitrogens with zero attached hydrogens (tertiary/aromatic N) is 1. The van der Waals surface area contributed by atoms with Gasteiger partial charge in [-0.05, 0) is 37.8 Å². The van der Waals surface area contributed by atoms with Crippen LogP contribution in [0.2, 0.25) is 0 Å². The molecule has 1 aromatic carbocycles. The molecule has 1 heterocycles. The van der Waals surface area contributed by atoms with Crippen molar-refractivity contribution in [3.05, 3.63) is 30.1 Å². The Morgan fingerprint density at radius 1 is 1.42 bits per heavy atom. The number of anilines is 1. The third-order valence-electron chi connectivity index (χ3n) is 3.72. The summed E-state index contributed by atoms with van der Waals surface area (Å²) in [4.78, 5) is 14.1. The van der Waals surface area contributed by atoms with Crippen LogP contribution in [-0.2, 0) is 4.79 Å². The van der Waals surface area contributed by atoms with Gasteiger partial charge < -0.3 is 10.2 Å². The molecule has 0 saturated carbocycles. The fraction of sp³-hybridized carbons (Fsp3) is 0.533. The minimum Gasteiger partial charge on any atom is -0.374 e. The van der Waals surface area contributed by atoms with E-state index < -0.39 is 0 Å². The van der Waals surface area contributed by atoms with Crippen molar-refractivity contribution in [1.82, 2.24) is 4.90 Å². The van der Waals surface area contributed by atoms with Crippen LogP contribution in [0, 0.1) is 5.82 Å². The zero-order chi connectivity index (χ0) is 13.7. The van der Waals surface area contributed by atoms with E-state index in [9.17, 15) is 9.18 Å². The van der Waals surface area contributed by atoms with Crippen LogP contribution in [0.3, 0.4) is 0 Å². The zero-order valence-corrected chi connectivity index (χ0v) is 11.4. The molecule has 1 atom stereocenters. The topological polar surface area (TPSA) is 32.3 Å². The molecule has 0 aliphatic carbocycles. The quantitative estimate of drug-likeness (QED) is 0.906. The van der Waals surface area contributed by atoms with E-state index in [2.05, 4.69) is 12.2 Å². The van der Waals surface area contributed by atoms with E-state index >= 15 is 0 Å². The van der Waals surface area contributed by atoms with E-state index in [0.29, 0.717) is 11.7 Å². The average molecular weight is 264 g/mol. The van der Waals surface area contributed by atoms with Gasteiger partial charge in [0.25, 0.3) is 0 Å². The van der Waals surface area contributed by atoms with Gasteiger partial charge in [0, 0.05) is 12.6 Å². The van der Waals surface area contributed by atoms with Crippen molar-refractivity contribution in [1.29, 1.82) is 0 Å². The maximum Gasteiger partial charge on any atom is 0.242 e. The minimum absolute atomic E-state index is 0.0646. The molecule has 0 spiro atoms. The molecule has 104 valence electrons. The highest BCUT2D eigenvalue weighted by atomic mass is 19.1. The molecule has 1 unspecified atom stereocenters. The monoisotopic (exact) mass is 264 g/mol. The van der Waals surface area contributed by atoms with Gasteiger partial charge >= 0.3 is 0 Å². The number of hydrogen-bond donors (Lipinski definition) is 1. The summed E-state index contributed by atoms with van der Waals surface area (Å²) in [6.07, 6.45) is 4.35. The number of para-hydroxylation sites is 1. The largest absolute Gasteiger partial charge is 0.374 e. The van der Waals surface area contributed by atoms with Crippen molar-refractivity contribution in [3.63, 3.8) is 0 Å². The summed E-state index contributed by atoms with van der Waals surface area (Å²) < 4.78 is 13.4. The van der Waals surface area contributed by atoms with Gasteiger partial charge in [0.2, 0.25) is 5.91 Å². The average Bonchev–Trinajstić information content (AvgIpc) is 2.46. The zero-order valence-electron chi connectivity index (χ0n) is 11.4. The van der Waals surface area contributed by atoms with Gasteiger partial charge in [-0.15, -0.1) is 0 Å².